The normalized spacial score (nSPS) is 14.6. The Morgan fingerprint density at radius 2 is 2.00 bits per heavy atom. The number of aromatic nitrogens is 3. The maximum atomic E-state index is 9.11. The van der Waals surface area contributed by atoms with Crippen LogP contribution in [0.5, 0.6) is 0 Å². The fourth-order valence-corrected chi connectivity index (χ4v) is 3.48. The zero-order valence-corrected chi connectivity index (χ0v) is 14.3. The van der Waals surface area contributed by atoms with Crippen LogP contribution >= 0.6 is 0 Å². The number of pyridine rings is 1. The highest BCUT2D eigenvalue weighted by atomic mass is 16.4. The Kier molecular flexibility index (Phi) is 3.57. The fourth-order valence-electron chi connectivity index (χ4n) is 3.48. The molecule has 5 rings (SSSR count). The molecule has 132 valence electrons. The highest BCUT2D eigenvalue weighted by molar-refractivity contribution is 6.05. The van der Waals surface area contributed by atoms with Crippen molar-refractivity contribution in [1.29, 1.82) is 0 Å². The van der Waals surface area contributed by atoms with Crippen LogP contribution in [0.4, 0.5) is 11.4 Å². The second-order valence-electron chi connectivity index (χ2n) is 6.32. The van der Waals surface area contributed by atoms with E-state index in [1.165, 1.54) is 6.33 Å². The van der Waals surface area contributed by atoms with Gasteiger partial charge in [-0.05, 0) is 42.7 Å². The molecule has 2 N–H and O–H groups in total. The smallest absolute Gasteiger partial charge is 0.177 e. The highest BCUT2D eigenvalue weighted by Gasteiger charge is 2.20. The first-order valence-corrected chi connectivity index (χ1v) is 8.57. The van der Waals surface area contributed by atoms with Gasteiger partial charge in [0.1, 0.15) is 12.0 Å². The van der Waals surface area contributed by atoms with Gasteiger partial charge in [0.05, 0.1) is 17.6 Å². The van der Waals surface area contributed by atoms with Crippen molar-refractivity contribution < 1.29 is 9.62 Å². The largest absolute Gasteiger partial charge is 0.451 e. The van der Waals surface area contributed by atoms with Gasteiger partial charge >= 0.3 is 0 Å². The van der Waals surface area contributed by atoms with Crippen LogP contribution in [0, 0.1) is 0 Å². The third kappa shape index (κ3) is 2.60. The molecule has 0 spiro atoms. The van der Waals surface area contributed by atoms with Crippen molar-refractivity contribution in [3.63, 3.8) is 0 Å². The monoisotopic (exact) mass is 357 g/mol. The van der Waals surface area contributed by atoms with Gasteiger partial charge in [0, 0.05) is 29.0 Å². The van der Waals surface area contributed by atoms with Gasteiger partial charge in [-0.1, -0.05) is 11.2 Å². The van der Waals surface area contributed by atoms with E-state index in [1.54, 1.807) is 18.6 Å². The van der Waals surface area contributed by atoms with Crippen molar-refractivity contribution >= 4 is 28.1 Å². The summed E-state index contributed by atoms with van der Waals surface area (Å²) < 4.78 is 6.02. The summed E-state index contributed by atoms with van der Waals surface area (Å²) in [6.45, 7) is 0. The van der Waals surface area contributed by atoms with Crippen LogP contribution < -0.4 is 5.32 Å². The minimum atomic E-state index is 0.638. The minimum absolute atomic E-state index is 0.638. The van der Waals surface area contributed by atoms with Gasteiger partial charge in [0.25, 0.3) is 0 Å². The molecule has 1 aromatic carbocycles. The van der Waals surface area contributed by atoms with Gasteiger partial charge in [-0.25, -0.2) is 9.97 Å². The molecule has 3 aromatic heterocycles. The van der Waals surface area contributed by atoms with Gasteiger partial charge in [-0.15, -0.1) is 0 Å². The lowest BCUT2D eigenvalue weighted by Gasteiger charge is -2.09. The van der Waals surface area contributed by atoms with E-state index in [2.05, 4.69) is 31.5 Å². The van der Waals surface area contributed by atoms with E-state index >= 15 is 0 Å². The molecule has 0 unspecified atom stereocenters. The Bertz CT molecular complexity index is 1170. The Morgan fingerprint density at radius 1 is 1.07 bits per heavy atom. The molecule has 0 atom stereocenters. The van der Waals surface area contributed by atoms with Crippen LogP contribution in [-0.2, 0) is 6.42 Å². The molecule has 7 nitrogen and oxygen atoms in total. The van der Waals surface area contributed by atoms with E-state index in [9.17, 15) is 0 Å². The van der Waals surface area contributed by atoms with Crippen molar-refractivity contribution in [2.45, 2.75) is 12.8 Å². The van der Waals surface area contributed by atoms with E-state index in [-0.39, 0.29) is 0 Å². The first-order chi connectivity index (χ1) is 13.3. The molecule has 27 heavy (non-hydrogen) atoms. The van der Waals surface area contributed by atoms with Crippen LogP contribution in [-0.4, -0.2) is 25.9 Å². The summed E-state index contributed by atoms with van der Waals surface area (Å²) in [4.78, 5) is 12.4. The van der Waals surface area contributed by atoms with Gasteiger partial charge < -0.3 is 14.9 Å². The third-order valence-electron chi connectivity index (χ3n) is 4.74. The molecule has 0 fully saturated rings. The number of oxime groups is 1. The van der Waals surface area contributed by atoms with Crippen LogP contribution in [0.15, 0.2) is 64.8 Å². The molecule has 0 aliphatic heterocycles. The number of benzene rings is 1. The molecular formula is C20H15N5O2. The summed E-state index contributed by atoms with van der Waals surface area (Å²) >= 11 is 0. The summed E-state index contributed by atoms with van der Waals surface area (Å²) in [5.74, 6) is 0.638. The van der Waals surface area contributed by atoms with E-state index < -0.39 is 0 Å². The molecule has 0 amide bonds. The van der Waals surface area contributed by atoms with Crippen LogP contribution in [0.1, 0.15) is 17.5 Å². The molecule has 0 radical (unpaired) electrons. The molecule has 3 heterocycles. The average Bonchev–Trinajstić information content (AvgIpc) is 3.30. The summed E-state index contributed by atoms with van der Waals surface area (Å²) in [6.07, 6.45) is 8.22. The average molecular weight is 357 g/mol. The van der Waals surface area contributed by atoms with E-state index in [0.29, 0.717) is 17.0 Å². The number of rotatable bonds is 3. The zero-order chi connectivity index (χ0) is 18.2. The second-order valence-corrected chi connectivity index (χ2v) is 6.32. The lowest BCUT2D eigenvalue weighted by atomic mass is 10.1. The second kappa shape index (κ2) is 6.21. The number of anilines is 2. The predicted molar refractivity (Wildman–Crippen MR) is 101 cm³/mol. The SMILES string of the molecule is ON=C1CCc2cc(Nc3c(-c4ccncn4)oc4cnccc34)ccc21. The van der Waals surface area contributed by atoms with Crippen molar-refractivity contribution in [2.75, 3.05) is 5.32 Å². The first kappa shape index (κ1) is 15.5. The summed E-state index contributed by atoms with van der Waals surface area (Å²) in [7, 11) is 0. The number of furan rings is 1. The lowest BCUT2D eigenvalue weighted by molar-refractivity contribution is 0.318. The molecule has 1 aliphatic carbocycles. The van der Waals surface area contributed by atoms with E-state index in [1.807, 2.05) is 24.3 Å². The third-order valence-corrected chi connectivity index (χ3v) is 4.74. The number of nitrogens with zero attached hydrogens (tertiary/aromatic N) is 4. The molecule has 0 saturated carbocycles. The Morgan fingerprint density at radius 3 is 2.85 bits per heavy atom. The molecule has 4 aromatic rings. The number of aryl methyl sites for hydroxylation is 1. The predicted octanol–water partition coefficient (Wildman–Crippen LogP) is 4.15. The number of nitrogens with one attached hydrogen (secondary N) is 1. The van der Waals surface area contributed by atoms with Gasteiger partial charge in [0.2, 0.25) is 0 Å². The molecule has 7 heteroatoms. The highest BCUT2D eigenvalue weighted by Crippen LogP contribution is 2.39. The lowest BCUT2D eigenvalue weighted by Crippen LogP contribution is -1.96. The Hall–Kier alpha value is -3.74. The standard InChI is InChI=1S/C20H15N5O2/c26-25-16-4-1-12-9-13(2-3-14(12)16)24-19-15-5-7-21-10-18(15)27-20(19)17-6-8-22-11-23-17/h2-3,5-11,24,26H,1,4H2. The number of fused-ring (bicyclic) bond motifs is 2. The number of hydrogen-bond acceptors (Lipinski definition) is 7. The van der Waals surface area contributed by atoms with Crippen LogP contribution in [0.25, 0.3) is 22.4 Å². The number of hydrogen-bond donors (Lipinski definition) is 2. The molecule has 0 bridgehead atoms. The van der Waals surface area contributed by atoms with E-state index in [4.69, 9.17) is 9.62 Å². The summed E-state index contributed by atoms with van der Waals surface area (Å²) in [6, 6.07) is 9.75. The fraction of sp³-hybridized carbons (Fsp3) is 0.100. The maximum absolute atomic E-state index is 9.11. The Labute approximate surface area is 154 Å². The summed E-state index contributed by atoms with van der Waals surface area (Å²) in [5, 5.41) is 16.9. The zero-order valence-electron chi connectivity index (χ0n) is 14.3. The van der Waals surface area contributed by atoms with E-state index in [0.717, 1.165) is 46.4 Å². The van der Waals surface area contributed by atoms with Crippen molar-refractivity contribution in [2.24, 2.45) is 5.16 Å². The van der Waals surface area contributed by atoms with Gasteiger partial charge in [-0.3, -0.25) is 4.98 Å². The molecule has 0 saturated heterocycles. The van der Waals surface area contributed by atoms with Gasteiger partial charge in [0.15, 0.2) is 11.3 Å². The molecular weight excluding hydrogens is 342 g/mol. The first-order valence-electron chi connectivity index (χ1n) is 8.57. The quantitative estimate of drug-likeness (QED) is 0.422. The minimum Gasteiger partial charge on any atom is -0.451 e. The molecule has 1 aliphatic rings. The van der Waals surface area contributed by atoms with Crippen molar-refractivity contribution in [3.8, 4) is 11.5 Å². The maximum Gasteiger partial charge on any atom is 0.177 e. The summed E-state index contributed by atoms with van der Waals surface area (Å²) in [5.41, 5.74) is 6.04. The van der Waals surface area contributed by atoms with Gasteiger partial charge in [-0.2, -0.15) is 0 Å². The van der Waals surface area contributed by atoms with Crippen LogP contribution in [0.3, 0.4) is 0 Å². The van der Waals surface area contributed by atoms with Crippen molar-refractivity contribution in [1.82, 2.24) is 15.0 Å². The Balaban J connectivity index is 1.61. The van der Waals surface area contributed by atoms with Crippen LogP contribution in [0.2, 0.25) is 0 Å². The van der Waals surface area contributed by atoms with Crippen molar-refractivity contribution in [3.05, 3.63) is 66.4 Å². The topological polar surface area (TPSA) is 96.4 Å².